The van der Waals surface area contributed by atoms with E-state index >= 15 is 0 Å². The highest BCUT2D eigenvalue weighted by Gasteiger charge is 2.68. The molecule has 2 heterocycles. The van der Waals surface area contributed by atoms with Crippen LogP contribution in [-0.4, -0.2) is 73.7 Å². The van der Waals surface area contributed by atoms with E-state index in [0.717, 1.165) is 25.3 Å². The van der Waals surface area contributed by atoms with E-state index in [0.29, 0.717) is 6.42 Å². The summed E-state index contributed by atoms with van der Waals surface area (Å²) in [5.41, 5.74) is -2.68. The van der Waals surface area contributed by atoms with Crippen molar-refractivity contribution in [3.8, 4) is 0 Å². The summed E-state index contributed by atoms with van der Waals surface area (Å²) in [5.74, 6) is -5.65. The number of rotatable bonds is 14. The second-order valence-electron chi connectivity index (χ2n) is 9.34. The molecule has 9 heteroatoms. The van der Waals surface area contributed by atoms with Crippen LogP contribution in [0.5, 0.6) is 0 Å². The number of imide groups is 1. The second-order valence-corrected chi connectivity index (χ2v) is 9.34. The minimum atomic E-state index is -2.68. The largest absolute Gasteiger partial charge is 0.394 e. The van der Waals surface area contributed by atoms with Crippen molar-refractivity contribution in [3.63, 3.8) is 0 Å². The molecule has 0 radical (unpaired) electrons. The number of carbonyl (C=O) groups excluding carboxylic acids is 2. The first kappa shape index (κ1) is 27.9. The molecule has 0 saturated carbocycles. The van der Waals surface area contributed by atoms with Crippen molar-refractivity contribution in [3.05, 3.63) is 12.2 Å². The van der Waals surface area contributed by atoms with Crippen molar-refractivity contribution in [2.45, 2.75) is 114 Å². The predicted octanol–water partition coefficient (Wildman–Crippen LogP) is 1.05. The maximum Gasteiger partial charge on any atom is 0.233 e. The zero-order valence-corrected chi connectivity index (χ0v) is 19.6. The van der Waals surface area contributed by atoms with Gasteiger partial charge >= 0.3 is 0 Å². The van der Waals surface area contributed by atoms with E-state index in [1.807, 2.05) is 5.32 Å². The van der Waals surface area contributed by atoms with E-state index in [-0.39, 0.29) is 0 Å². The van der Waals surface area contributed by atoms with Gasteiger partial charge in [-0.25, -0.2) is 0 Å². The van der Waals surface area contributed by atoms with Crippen molar-refractivity contribution in [2.24, 2.45) is 5.92 Å². The first-order chi connectivity index (χ1) is 15.7. The SMILES string of the molecule is CCCCCCCCCCCC/C=C/[C@]1(O)O[C@H](CO)[C@@H](O)[C@H](O)[C@]1(O)C1CC(=O)NC1=O. The van der Waals surface area contributed by atoms with Gasteiger partial charge in [-0.3, -0.25) is 14.9 Å². The van der Waals surface area contributed by atoms with E-state index in [1.54, 1.807) is 6.08 Å². The Hall–Kier alpha value is -1.36. The molecule has 0 aromatic rings. The van der Waals surface area contributed by atoms with Crippen LogP contribution in [0, 0.1) is 5.92 Å². The highest BCUT2D eigenvalue weighted by atomic mass is 16.7. The third-order valence-electron chi connectivity index (χ3n) is 6.81. The van der Waals surface area contributed by atoms with Crippen LogP contribution in [0.3, 0.4) is 0 Å². The highest BCUT2D eigenvalue weighted by molar-refractivity contribution is 6.04. The van der Waals surface area contributed by atoms with Crippen LogP contribution in [0.25, 0.3) is 0 Å². The van der Waals surface area contributed by atoms with Crippen molar-refractivity contribution in [2.75, 3.05) is 6.61 Å². The number of aliphatic hydroxyl groups excluding tert-OH is 3. The minimum absolute atomic E-state index is 0.471. The number of hydrogen-bond donors (Lipinski definition) is 6. The van der Waals surface area contributed by atoms with Gasteiger partial charge in [0.1, 0.15) is 18.3 Å². The summed E-state index contributed by atoms with van der Waals surface area (Å²) in [6, 6.07) is 0. The standard InChI is InChI=1S/C24H41NO8/c1-2-3-4-5-6-7-8-9-10-11-12-13-14-23(31)24(32,17-15-19(27)25-22(17)30)21(29)20(28)18(16-26)33-23/h13-14,17-18,20-21,26,28-29,31-32H,2-12,15-16H2,1H3,(H,25,27,30)/b14-13+/t17?,18-,20-,21+,23+,24-/m1/s1. The van der Waals surface area contributed by atoms with Crippen LogP contribution in [0.2, 0.25) is 0 Å². The molecule has 2 fully saturated rings. The zero-order valence-electron chi connectivity index (χ0n) is 19.6. The second kappa shape index (κ2) is 12.9. The molecule has 0 aromatic heterocycles. The van der Waals surface area contributed by atoms with Gasteiger partial charge in [-0.2, -0.15) is 0 Å². The maximum absolute atomic E-state index is 12.2. The predicted molar refractivity (Wildman–Crippen MR) is 121 cm³/mol. The number of allylic oxidation sites excluding steroid dienone is 1. The summed E-state index contributed by atoms with van der Waals surface area (Å²) < 4.78 is 5.38. The molecular formula is C24H41NO8. The molecule has 2 aliphatic heterocycles. The number of nitrogens with one attached hydrogen (secondary N) is 1. The summed E-state index contributed by atoms with van der Waals surface area (Å²) in [7, 11) is 0. The molecule has 2 amide bonds. The Morgan fingerprint density at radius 2 is 1.58 bits per heavy atom. The van der Waals surface area contributed by atoms with E-state index in [9.17, 15) is 35.1 Å². The van der Waals surface area contributed by atoms with Gasteiger partial charge in [-0.15, -0.1) is 0 Å². The van der Waals surface area contributed by atoms with Gasteiger partial charge in [0.15, 0.2) is 5.60 Å². The van der Waals surface area contributed by atoms with Crippen LogP contribution in [0.4, 0.5) is 0 Å². The van der Waals surface area contributed by atoms with Crippen LogP contribution in [0.15, 0.2) is 12.2 Å². The van der Waals surface area contributed by atoms with Gasteiger partial charge in [-0.05, 0) is 18.9 Å². The number of hydrogen-bond acceptors (Lipinski definition) is 8. The lowest BCUT2D eigenvalue weighted by atomic mass is 9.70. The van der Waals surface area contributed by atoms with Crippen LogP contribution < -0.4 is 5.32 Å². The third kappa shape index (κ3) is 6.61. The van der Waals surface area contributed by atoms with Gasteiger partial charge in [0.05, 0.1) is 12.5 Å². The maximum atomic E-state index is 12.2. The van der Waals surface area contributed by atoms with Crippen LogP contribution >= 0.6 is 0 Å². The Morgan fingerprint density at radius 3 is 2.09 bits per heavy atom. The summed E-state index contributed by atoms with van der Waals surface area (Å²) in [6.45, 7) is 1.48. The van der Waals surface area contributed by atoms with Crippen molar-refractivity contribution in [1.82, 2.24) is 5.32 Å². The highest BCUT2D eigenvalue weighted by Crippen LogP contribution is 2.45. The lowest BCUT2D eigenvalue weighted by molar-refractivity contribution is -0.377. The summed E-state index contributed by atoms with van der Waals surface area (Å²) in [4.78, 5) is 23.9. The Bertz CT molecular complexity index is 671. The fourth-order valence-corrected chi connectivity index (χ4v) is 4.75. The van der Waals surface area contributed by atoms with E-state index in [1.165, 1.54) is 44.9 Å². The van der Waals surface area contributed by atoms with E-state index in [4.69, 9.17) is 4.74 Å². The third-order valence-corrected chi connectivity index (χ3v) is 6.81. The zero-order chi connectivity index (χ0) is 24.5. The summed E-state index contributed by atoms with van der Waals surface area (Å²) in [5, 5.41) is 54.8. The lowest BCUT2D eigenvalue weighted by Gasteiger charge is -2.53. The first-order valence-corrected chi connectivity index (χ1v) is 12.3. The van der Waals surface area contributed by atoms with Crippen LogP contribution in [0.1, 0.15) is 84.0 Å². The summed E-state index contributed by atoms with van der Waals surface area (Å²) >= 11 is 0. The number of ether oxygens (including phenoxy) is 1. The molecule has 9 nitrogen and oxygen atoms in total. The van der Waals surface area contributed by atoms with E-state index < -0.39 is 60.5 Å². The normalized spacial score (nSPS) is 34.8. The molecule has 190 valence electrons. The number of amides is 2. The number of carbonyl (C=O) groups is 2. The lowest BCUT2D eigenvalue weighted by Crippen LogP contribution is -2.75. The smallest absolute Gasteiger partial charge is 0.233 e. The van der Waals surface area contributed by atoms with Crippen molar-refractivity contribution >= 4 is 11.8 Å². The van der Waals surface area contributed by atoms with Gasteiger partial charge in [-0.1, -0.05) is 70.8 Å². The fourth-order valence-electron chi connectivity index (χ4n) is 4.75. The Balaban J connectivity index is 1.93. The Kier molecular flexibility index (Phi) is 10.9. The molecule has 2 saturated heterocycles. The van der Waals surface area contributed by atoms with Crippen molar-refractivity contribution < 1.29 is 39.9 Å². The average molecular weight is 472 g/mol. The molecule has 0 aliphatic carbocycles. The van der Waals surface area contributed by atoms with Crippen LogP contribution in [-0.2, 0) is 14.3 Å². The molecule has 0 spiro atoms. The summed E-state index contributed by atoms with van der Waals surface area (Å²) in [6.07, 6.45) is 9.41. The molecule has 1 unspecified atom stereocenters. The monoisotopic (exact) mass is 471 g/mol. The Morgan fingerprint density at radius 1 is 1.00 bits per heavy atom. The minimum Gasteiger partial charge on any atom is -0.394 e. The van der Waals surface area contributed by atoms with Gasteiger partial charge in [0.25, 0.3) is 0 Å². The van der Waals surface area contributed by atoms with Gasteiger partial charge in [0, 0.05) is 6.42 Å². The van der Waals surface area contributed by atoms with Gasteiger partial charge in [0.2, 0.25) is 17.6 Å². The molecule has 6 N–H and O–H groups in total. The Labute approximate surface area is 195 Å². The molecule has 33 heavy (non-hydrogen) atoms. The molecular weight excluding hydrogens is 430 g/mol. The molecule has 0 bridgehead atoms. The molecule has 2 rings (SSSR count). The quantitative estimate of drug-likeness (QED) is 0.125. The van der Waals surface area contributed by atoms with Gasteiger partial charge < -0.3 is 30.3 Å². The average Bonchev–Trinajstić information content (AvgIpc) is 3.14. The number of aliphatic hydroxyl groups is 5. The molecule has 2 aliphatic rings. The molecule has 0 aromatic carbocycles. The number of unbranched alkanes of at least 4 members (excludes halogenated alkanes) is 10. The van der Waals surface area contributed by atoms with Crippen molar-refractivity contribution in [1.29, 1.82) is 0 Å². The first-order valence-electron chi connectivity index (χ1n) is 12.3. The molecule has 6 atom stereocenters. The van der Waals surface area contributed by atoms with E-state index in [2.05, 4.69) is 6.92 Å². The topological polar surface area (TPSA) is 157 Å². The fraction of sp³-hybridized carbons (Fsp3) is 0.833.